The summed E-state index contributed by atoms with van der Waals surface area (Å²) < 4.78 is 0. The van der Waals surface area contributed by atoms with E-state index in [-0.39, 0.29) is 29.6 Å². The molecule has 0 aromatic heterocycles. The Labute approximate surface area is 182 Å². The summed E-state index contributed by atoms with van der Waals surface area (Å²) in [6.45, 7) is 2.33. The molecule has 0 spiro atoms. The number of rotatable bonds is 7. The van der Waals surface area contributed by atoms with Crippen LogP contribution in [0.2, 0.25) is 5.02 Å². The Hall–Kier alpha value is -2.91. The van der Waals surface area contributed by atoms with E-state index in [1.165, 1.54) is 17.0 Å². The molecule has 1 atom stereocenters. The third kappa shape index (κ3) is 5.17. The summed E-state index contributed by atoms with van der Waals surface area (Å²) in [6, 6.07) is 12.8. The zero-order valence-corrected chi connectivity index (χ0v) is 17.7. The summed E-state index contributed by atoms with van der Waals surface area (Å²) in [7, 11) is 0. The number of nitro benzene ring substituents is 1. The van der Waals surface area contributed by atoms with Gasteiger partial charge in [0, 0.05) is 29.7 Å². The Morgan fingerprint density at radius 3 is 2.77 bits per heavy atom. The van der Waals surface area contributed by atoms with E-state index in [9.17, 15) is 19.7 Å². The van der Waals surface area contributed by atoms with Gasteiger partial charge < -0.3 is 5.32 Å². The average molecular weight is 447 g/mol. The Morgan fingerprint density at radius 1 is 1.30 bits per heavy atom. The molecule has 2 aromatic carbocycles. The lowest BCUT2D eigenvalue weighted by Gasteiger charge is -2.15. The molecule has 156 valence electrons. The number of aliphatic imine (C=N–C) groups is 1. The molecule has 0 saturated carbocycles. The number of hydrogen-bond donors (Lipinski definition) is 1. The van der Waals surface area contributed by atoms with E-state index in [4.69, 9.17) is 11.6 Å². The van der Waals surface area contributed by atoms with Crippen LogP contribution in [0.3, 0.4) is 0 Å². The van der Waals surface area contributed by atoms with Crippen molar-refractivity contribution < 1.29 is 14.5 Å². The molecule has 1 heterocycles. The van der Waals surface area contributed by atoms with E-state index in [0.29, 0.717) is 28.8 Å². The molecular formula is C20H19ClN4O4S. The molecule has 3 rings (SSSR count). The van der Waals surface area contributed by atoms with Crippen molar-refractivity contribution in [3.63, 3.8) is 0 Å². The highest BCUT2D eigenvalue weighted by Crippen LogP contribution is 2.34. The highest BCUT2D eigenvalue weighted by molar-refractivity contribution is 8.15. The number of benzene rings is 2. The molecule has 1 aliphatic heterocycles. The SMILES string of the molecule is CCCN1C(=O)C(CC(=O)Nc2cccc(Cl)c2)SC1=Nc1ccccc1[N+](=O)[O-]. The fourth-order valence-electron chi connectivity index (χ4n) is 2.92. The summed E-state index contributed by atoms with van der Waals surface area (Å²) in [5.74, 6) is -0.563. The first kappa shape index (κ1) is 21.8. The first-order chi connectivity index (χ1) is 14.4. The molecule has 1 unspecified atom stereocenters. The maximum atomic E-state index is 12.8. The van der Waals surface area contributed by atoms with Gasteiger partial charge in [-0.05, 0) is 30.7 Å². The van der Waals surface area contributed by atoms with Crippen LogP contribution in [0.5, 0.6) is 0 Å². The second kappa shape index (κ2) is 9.73. The van der Waals surface area contributed by atoms with Crippen molar-refractivity contribution in [2.24, 2.45) is 4.99 Å². The minimum absolute atomic E-state index is 0.0495. The predicted molar refractivity (Wildman–Crippen MR) is 118 cm³/mol. The Bertz CT molecular complexity index is 1010. The number of nitrogens with zero attached hydrogens (tertiary/aromatic N) is 3. The molecule has 10 heteroatoms. The number of carbonyl (C=O) groups is 2. The number of nitro groups is 1. The summed E-state index contributed by atoms with van der Waals surface area (Å²) >= 11 is 7.07. The summed E-state index contributed by atoms with van der Waals surface area (Å²) in [6.07, 6.45) is 0.635. The van der Waals surface area contributed by atoms with Crippen LogP contribution in [0.1, 0.15) is 19.8 Å². The van der Waals surface area contributed by atoms with E-state index in [1.54, 1.807) is 36.4 Å². The lowest BCUT2D eigenvalue weighted by atomic mass is 10.2. The van der Waals surface area contributed by atoms with Crippen LogP contribution in [0.4, 0.5) is 17.1 Å². The van der Waals surface area contributed by atoms with Gasteiger partial charge in [-0.3, -0.25) is 24.6 Å². The number of nitrogens with one attached hydrogen (secondary N) is 1. The molecule has 0 aliphatic carbocycles. The van der Waals surface area contributed by atoms with Gasteiger partial charge in [0.2, 0.25) is 11.8 Å². The van der Waals surface area contributed by atoms with E-state index in [1.807, 2.05) is 6.92 Å². The highest BCUT2D eigenvalue weighted by Gasteiger charge is 2.39. The van der Waals surface area contributed by atoms with Crippen molar-refractivity contribution in [3.05, 3.63) is 63.7 Å². The van der Waals surface area contributed by atoms with Crippen molar-refractivity contribution in [2.45, 2.75) is 25.0 Å². The number of amidine groups is 1. The molecule has 30 heavy (non-hydrogen) atoms. The van der Waals surface area contributed by atoms with E-state index < -0.39 is 10.2 Å². The molecule has 8 nitrogen and oxygen atoms in total. The molecule has 2 amide bonds. The lowest BCUT2D eigenvalue weighted by Crippen LogP contribution is -2.34. The number of anilines is 1. The van der Waals surface area contributed by atoms with Gasteiger partial charge in [0.1, 0.15) is 10.9 Å². The number of halogens is 1. The summed E-state index contributed by atoms with van der Waals surface area (Å²) in [5, 5.41) is 14.2. The molecule has 1 fully saturated rings. The van der Waals surface area contributed by atoms with Crippen LogP contribution in [0.15, 0.2) is 53.5 Å². The lowest BCUT2D eigenvalue weighted by molar-refractivity contribution is -0.384. The number of amides is 2. The van der Waals surface area contributed by atoms with Gasteiger partial charge in [-0.1, -0.05) is 48.5 Å². The van der Waals surface area contributed by atoms with Gasteiger partial charge >= 0.3 is 0 Å². The monoisotopic (exact) mass is 446 g/mol. The summed E-state index contributed by atoms with van der Waals surface area (Å²) in [4.78, 5) is 41.9. The number of thioether (sulfide) groups is 1. The van der Waals surface area contributed by atoms with Crippen molar-refractivity contribution in [3.8, 4) is 0 Å². The topological polar surface area (TPSA) is 105 Å². The van der Waals surface area contributed by atoms with Gasteiger partial charge in [-0.2, -0.15) is 0 Å². The second-order valence-electron chi connectivity index (χ2n) is 6.50. The Kier molecular flexibility index (Phi) is 7.07. The van der Waals surface area contributed by atoms with Crippen LogP contribution in [-0.4, -0.2) is 38.6 Å². The van der Waals surface area contributed by atoms with Crippen molar-refractivity contribution in [1.82, 2.24) is 4.90 Å². The van der Waals surface area contributed by atoms with E-state index >= 15 is 0 Å². The number of hydrogen-bond acceptors (Lipinski definition) is 6. The van der Waals surface area contributed by atoms with Gasteiger partial charge in [0.15, 0.2) is 5.17 Å². The zero-order valence-electron chi connectivity index (χ0n) is 16.1. The van der Waals surface area contributed by atoms with Crippen molar-refractivity contribution in [1.29, 1.82) is 0 Å². The fourth-order valence-corrected chi connectivity index (χ4v) is 4.28. The third-order valence-corrected chi connectivity index (χ3v) is 5.65. The molecule has 2 aromatic rings. The maximum absolute atomic E-state index is 12.8. The normalized spacial score (nSPS) is 17.4. The molecule has 1 saturated heterocycles. The van der Waals surface area contributed by atoms with Crippen molar-refractivity contribution >= 4 is 57.4 Å². The first-order valence-electron chi connectivity index (χ1n) is 9.24. The van der Waals surface area contributed by atoms with Crippen LogP contribution >= 0.6 is 23.4 Å². The highest BCUT2D eigenvalue weighted by atomic mass is 35.5. The number of carbonyl (C=O) groups excluding carboxylic acids is 2. The molecule has 0 radical (unpaired) electrons. The minimum atomic E-state index is -0.655. The van der Waals surface area contributed by atoms with Crippen LogP contribution in [0.25, 0.3) is 0 Å². The molecule has 0 bridgehead atoms. The molecule has 1 aliphatic rings. The van der Waals surface area contributed by atoms with Gasteiger partial charge in [0.05, 0.1) is 4.92 Å². The quantitative estimate of drug-likeness (QED) is 0.493. The maximum Gasteiger partial charge on any atom is 0.294 e. The van der Waals surface area contributed by atoms with Crippen LogP contribution < -0.4 is 5.32 Å². The van der Waals surface area contributed by atoms with Crippen molar-refractivity contribution in [2.75, 3.05) is 11.9 Å². The van der Waals surface area contributed by atoms with E-state index in [2.05, 4.69) is 10.3 Å². The fraction of sp³-hybridized carbons (Fsp3) is 0.250. The second-order valence-corrected chi connectivity index (χ2v) is 8.11. The third-order valence-electron chi connectivity index (χ3n) is 4.24. The van der Waals surface area contributed by atoms with Crippen LogP contribution in [0, 0.1) is 10.1 Å². The Morgan fingerprint density at radius 2 is 2.07 bits per heavy atom. The minimum Gasteiger partial charge on any atom is -0.326 e. The van der Waals surface area contributed by atoms with Crippen LogP contribution in [-0.2, 0) is 9.59 Å². The van der Waals surface area contributed by atoms with Gasteiger partial charge in [-0.15, -0.1) is 0 Å². The largest absolute Gasteiger partial charge is 0.326 e. The average Bonchev–Trinajstić information content (AvgIpc) is 2.97. The van der Waals surface area contributed by atoms with Gasteiger partial charge in [0.25, 0.3) is 5.69 Å². The summed E-state index contributed by atoms with van der Waals surface area (Å²) in [5.41, 5.74) is 0.571. The zero-order chi connectivity index (χ0) is 21.7. The smallest absolute Gasteiger partial charge is 0.294 e. The van der Waals surface area contributed by atoms with Gasteiger partial charge in [-0.25, -0.2) is 4.99 Å². The first-order valence-corrected chi connectivity index (χ1v) is 10.5. The number of para-hydroxylation sites is 2. The predicted octanol–water partition coefficient (Wildman–Crippen LogP) is 4.62. The van der Waals surface area contributed by atoms with E-state index in [0.717, 1.165) is 11.8 Å². The molecular weight excluding hydrogens is 428 g/mol. The molecule has 1 N–H and O–H groups in total. The Balaban J connectivity index is 1.79. The standard InChI is InChI=1S/C20H19ClN4O4S/c1-2-10-24-19(27)17(12-18(26)22-14-7-5-6-13(21)11-14)30-20(24)23-15-8-3-4-9-16(15)25(28)29/h3-9,11,17H,2,10,12H2,1H3,(H,22,26).